The Morgan fingerprint density at radius 2 is 1.96 bits per heavy atom. The van der Waals surface area contributed by atoms with Crippen molar-refractivity contribution in [2.75, 3.05) is 6.79 Å². The minimum Gasteiger partial charge on any atom is -0.454 e. The zero-order valence-corrected chi connectivity index (χ0v) is 13.4. The molecule has 0 fully saturated rings. The fourth-order valence-electron chi connectivity index (χ4n) is 2.24. The van der Waals surface area contributed by atoms with Gasteiger partial charge in [-0.05, 0) is 36.3 Å². The minimum absolute atomic E-state index is 0.142. The molecule has 1 aliphatic rings. The number of benzene rings is 2. The maximum atomic E-state index is 11.8. The summed E-state index contributed by atoms with van der Waals surface area (Å²) in [6.45, 7) is 2.09. The number of carbonyl (C=O) groups is 1. The molecule has 0 saturated heterocycles. The molecule has 24 heavy (non-hydrogen) atoms. The molecule has 1 aliphatic heterocycles. The van der Waals surface area contributed by atoms with E-state index in [2.05, 4.69) is 10.5 Å². The molecule has 5 heteroatoms. The van der Waals surface area contributed by atoms with Crippen LogP contribution in [-0.2, 0) is 11.2 Å². The number of hydrogen-bond acceptors (Lipinski definition) is 4. The predicted molar refractivity (Wildman–Crippen MR) is 93.0 cm³/mol. The molecule has 3 rings (SSSR count). The lowest BCUT2D eigenvalue weighted by Crippen LogP contribution is -2.20. The van der Waals surface area contributed by atoms with E-state index >= 15 is 0 Å². The molecule has 1 N–H and O–H groups in total. The number of hydrazone groups is 1. The number of allylic oxidation sites excluding steroid dienone is 1. The molecule has 5 nitrogen and oxygen atoms in total. The van der Waals surface area contributed by atoms with Gasteiger partial charge >= 0.3 is 0 Å². The SMILES string of the molecule is CC(/C=C\c1ccc2c(c1)OCO2)=NNC(=O)Cc1ccccc1. The van der Waals surface area contributed by atoms with Gasteiger partial charge in [0.05, 0.1) is 12.1 Å². The fourth-order valence-corrected chi connectivity index (χ4v) is 2.24. The Bertz CT molecular complexity index is 782. The quantitative estimate of drug-likeness (QED) is 0.679. The molecule has 2 aromatic carbocycles. The molecule has 0 saturated carbocycles. The van der Waals surface area contributed by atoms with E-state index < -0.39 is 0 Å². The van der Waals surface area contributed by atoms with Gasteiger partial charge in [-0.15, -0.1) is 0 Å². The van der Waals surface area contributed by atoms with E-state index in [9.17, 15) is 4.79 Å². The van der Waals surface area contributed by atoms with Crippen LogP contribution in [0.5, 0.6) is 11.5 Å². The number of rotatable bonds is 5. The van der Waals surface area contributed by atoms with Crippen LogP contribution in [0.3, 0.4) is 0 Å². The maximum Gasteiger partial charge on any atom is 0.244 e. The summed E-state index contributed by atoms with van der Waals surface area (Å²) >= 11 is 0. The number of nitrogens with zero attached hydrogens (tertiary/aromatic N) is 1. The van der Waals surface area contributed by atoms with Crippen LogP contribution in [0.1, 0.15) is 18.1 Å². The summed E-state index contributed by atoms with van der Waals surface area (Å²) in [5.74, 6) is 1.35. The molecule has 2 aromatic rings. The van der Waals surface area contributed by atoms with Gasteiger partial charge in [0.15, 0.2) is 11.5 Å². The van der Waals surface area contributed by atoms with E-state index in [1.165, 1.54) is 0 Å². The Hall–Kier alpha value is -3.08. The summed E-state index contributed by atoms with van der Waals surface area (Å²) in [5.41, 5.74) is 5.20. The second kappa shape index (κ2) is 7.46. The molecule has 1 amide bonds. The van der Waals surface area contributed by atoms with E-state index in [1.54, 1.807) is 0 Å². The van der Waals surface area contributed by atoms with E-state index in [0.717, 1.165) is 22.6 Å². The van der Waals surface area contributed by atoms with Crippen LogP contribution in [0, 0.1) is 0 Å². The first-order valence-electron chi connectivity index (χ1n) is 7.65. The van der Waals surface area contributed by atoms with Gasteiger partial charge in [0.25, 0.3) is 0 Å². The van der Waals surface area contributed by atoms with Crippen molar-refractivity contribution in [3.8, 4) is 11.5 Å². The molecule has 0 bridgehead atoms. The van der Waals surface area contributed by atoms with Crippen LogP contribution in [0.4, 0.5) is 0 Å². The molecular formula is C19H18N2O3. The molecule has 0 aliphatic carbocycles. The lowest BCUT2D eigenvalue weighted by Gasteiger charge is -2.01. The minimum atomic E-state index is -0.142. The first kappa shape index (κ1) is 15.8. The molecule has 1 heterocycles. The summed E-state index contributed by atoms with van der Waals surface area (Å²) in [4.78, 5) is 11.8. The monoisotopic (exact) mass is 322 g/mol. The highest BCUT2D eigenvalue weighted by molar-refractivity contribution is 5.97. The van der Waals surface area contributed by atoms with Gasteiger partial charge < -0.3 is 9.47 Å². The van der Waals surface area contributed by atoms with Gasteiger partial charge in [-0.25, -0.2) is 5.43 Å². The Kier molecular flexibility index (Phi) is 4.91. The number of amides is 1. The Labute approximate surface area is 140 Å². The summed E-state index contributed by atoms with van der Waals surface area (Å²) in [6.07, 6.45) is 4.05. The van der Waals surface area contributed by atoms with Gasteiger partial charge in [0.1, 0.15) is 0 Å². The van der Waals surface area contributed by atoms with E-state index in [-0.39, 0.29) is 12.7 Å². The number of fused-ring (bicyclic) bond motifs is 1. The first-order chi connectivity index (χ1) is 11.7. The molecule has 0 atom stereocenters. The molecule has 0 spiro atoms. The zero-order valence-electron chi connectivity index (χ0n) is 13.4. The van der Waals surface area contributed by atoms with Crippen molar-refractivity contribution in [3.05, 3.63) is 65.7 Å². The average Bonchev–Trinajstić information content (AvgIpc) is 3.07. The first-order valence-corrected chi connectivity index (χ1v) is 7.65. The lowest BCUT2D eigenvalue weighted by molar-refractivity contribution is -0.120. The third-order valence-corrected chi connectivity index (χ3v) is 3.48. The molecule has 0 radical (unpaired) electrons. The Balaban J connectivity index is 1.55. The molecule has 0 unspecified atom stereocenters. The summed E-state index contributed by atoms with van der Waals surface area (Å²) in [6, 6.07) is 15.3. The smallest absolute Gasteiger partial charge is 0.244 e. The fraction of sp³-hybridized carbons (Fsp3) is 0.158. The van der Waals surface area contributed by atoms with Crippen molar-refractivity contribution in [2.45, 2.75) is 13.3 Å². The Morgan fingerprint density at radius 3 is 2.79 bits per heavy atom. The van der Waals surface area contributed by atoms with Gasteiger partial charge in [-0.1, -0.05) is 42.5 Å². The van der Waals surface area contributed by atoms with Crippen LogP contribution in [-0.4, -0.2) is 18.4 Å². The molecule has 0 aromatic heterocycles. The van der Waals surface area contributed by atoms with Crippen molar-refractivity contribution in [2.24, 2.45) is 5.10 Å². The molecular weight excluding hydrogens is 304 g/mol. The van der Waals surface area contributed by atoms with Gasteiger partial charge in [0, 0.05) is 0 Å². The van der Waals surface area contributed by atoms with Crippen LogP contribution in [0.2, 0.25) is 0 Å². The van der Waals surface area contributed by atoms with Crippen LogP contribution in [0.25, 0.3) is 6.08 Å². The predicted octanol–water partition coefficient (Wildman–Crippen LogP) is 3.16. The van der Waals surface area contributed by atoms with Gasteiger partial charge in [-0.3, -0.25) is 4.79 Å². The number of hydrogen-bond donors (Lipinski definition) is 1. The number of ether oxygens (including phenoxy) is 2. The largest absolute Gasteiger partial charge is 0.454 e. The maximum absolute atomic E-state index is 11.8. The highest BCUT2D eigenvalue weighted by Gasteiger charge is 2.12. The summed E-state index contributed by atoms with van der Waals surface area (Å²) < 4.78 is 10.6. The topological polar surface area (TPSA) is 59.9 Å². The third-order valence-electron chi connectivity index (χ3n) is 3.48. The lowest BCUT2D eigenvalue weighted by atomic mass is 10.1. The summed E-state index contributed by atoms with van der Waals surface area (Å²) in [7, 11) is 0. The normalized spacial score (nSPS) is 13.3. The van der Waals surface area contributed by atoms with Gasteiger partial charge in [-0.2, -0.15) is 5.10 Å². The van der Waals surface area contributed by atoms with Gasteiger partial charge in [0.2, 0.25) is 12.7 Å². The van der Waals surface area contributed by atoms with Crippen LogP contribution < -0.4 is 14.9 Å². The standard InChI is InChI=1S/C19H18N2O3/c1-14(20-21-19(22)12-15-5-3-2-4-6-15)7-8-16-9-10-17-18(11-16)24-13-23-17/h2-11H,12-13H2,1H3,(H,21,22)/b8-7-,20-14?. The van der Waals surface area contributed by atoms with Crippen molar-refractivity contribution < 1.29 is 14.3 Å². The average molecular weight is 322 g/mol. The van der Waals surface area contributed by atoms with Crippen LogP contribution >= 0.6 is 0 Å². The van der Waals surface area contributed by atoms with Crippen LogP contribution in [0.15, 0.2) is 59.7 Å². The van der Waals surface area contributed by atoms with Crippen molar-refractivity contribution in [1.82, 2.24) is 5.43 Å². The van der Waals surface area contributed by atoms with E-state index in [0.29, 0.717) is 12.1 Å². The number of carbonyl (C=O) groups excluding carboxylic acids is 1. The van der Waals surface area contributed by atoms with Crippen molar-refractivity contribution in [3.63, 3.8) is 0 Å². The van der Waals surface area contributed by atoms with E-state index in [1.807, 2.05) is 67.6 Å². The van der Waals surface area contributed by atoms with E-state index in [4.69, 9.17) is 9.47 Å². The second-order valence-electron chi connectivity index (χ2n) is 5.40. The Morgan fingerprint density at radius 1 is 1.17 bits per heavy atom. The van der Waals surface area contributed by atoms with Crippen molar-refractivity contribution >= 4 is 17.7 Å². The third kappa shape index (κ3) is 4.23. The molecule has 122 valence electrons. The zero-order chi connectivity index (χ0) is 16.8. The van der Waals surface area contributed by atoms with Crippen molar-refractivity contribution in [1.29, 1.82) is 0 Å². The second-order valence-corrected chi connectivity index (χ2v) is 5.40. The highest BCUT2D eigenvalue weighted by atomic mass is 16.7. The highest BCUT2D eigenvalue weighted by Crippen LogP contribution is 2.32. The number of nitrogens with one attached hydrogen (secondary N) is 1. The summed E-state index contributed by atoms with van der Waals surface area (Å²) in [5, 5.41) is 4.08.